The summed E-state index contributed by atoms with van der Waals surface area (Å²) >= 11 is 5.68. The van der Waals surface area contributed by atoms with E-state index in [0.717, 1.165) is 33.7 Å². The lowest BCUT2D eigenvalue weighted by atomic mass is 9.83. The summed E-state index contributed by atoms with van der Waals surface area (Å²) in [6.45, 7) is 13.5. The Kier molecular flexibility index (Phi) is 8.10. The Morgan fingerprint density at radius 1 is 0.580 bits per heavy atom. The molecular weight excluding hydrogens is 637 g/mol. The zero-order valence-electron chi connectivity index (χ0n) is 30.2. The number of anilines is 2. The second-order valence-corrected chi connectivity index (χ2v) is 14.7. The number of carbonyl (C=O) groups excluding carboxylic acids is 2. The van der Waals surface area contributed by atoms with Crippen molar-refractivity contribution in [1.82, 2.24) is 9.80 Å². The van der Waals surface area contributed by atoms with Crippen LogP contribution in [0.4, 0.5) is 11.4 Å². The summed E-state index contributed by atoms with van der Waals surface area (Å²) in [5, 5.41) is 0.254. The van der Waals surface area contributed by atoms with E-state index < -0.39 is 0 Å². The minimum atomic E-state index is -0.358. The molecule has 0 bridgehead atoms. The molecule has 1 saturated heterocycles. The lowest BCUT2D eigenvalue weighted by Gasteiger charge is -2.36. The fraction of sp³-hybridized carbons (Fsp3) is 0.279. The van der Waals surface area contributed by atoms with Gasteiger partial charge in [-0.15, -0.1) is 0 Å². The van der Waals surface area contributed by atoms with Crippen molar-refractivity contribution in [2.24, 2.45) is 0 Å². The van der Waals surface area contributed by atoms with Crippen LogP contribution in [0.25, 0.3) is 11.1 Å². The van der Waals surface area contributed by atoms with Gasteiger partial charge in [0.2, 0.25) is 0 Å². The number of carbonyl (C=O) groups is 2. The molecule has 0 radical (unpaired) electrons. The summed E-state index contributed by atoms with van der Waals surface area (Å²) in [7, 11) is 4.20. The topological polar surface area (TPSA) is 47.1 Å². The monoisotopic (exact) mass is 680 g/mol. The lowest BCUT2D eigenvalue weighted by molar-refractivity contribution is -0.133. The highest BCUT2D eigenvalue weighted by molar-refractivity contribution is 7.80. The first-order chi connectivity index (χ1) is 23.9. The highest BCUT2D eigenvalue weighted by atomic mass is 32.1. The third-order valence-electron chi connectivity index (χ3n) is 11.0. The standard InChI is InChI=1S/C43H44N4O2S/c1-9-46-39(48)38(40(49)47(10-2)41(46)50)37-29(23-25-35-42(3,4)31-19-13-15-21-33(31)44(35)7)27-17-11-12-18-28(27)30(37)24-26-36-43(5,6)32-20-14-16-22-34(32)45(36)8/h11-26H,9-10H2,1-8H3/b29-23+,30-24+,35-25+,36-26+. The van der Waals surface area contributed by atoms with Gasteiger partial charge in [0.25, 0.3) is 11.8 Å². The van der Waals surface area contributed by atoms with Crippen molar-refractivity contribution < 1.29 is 9.59 Å². The van der Waals surface area contributed by atoms with Gasteiger partial charge in [0.15, 0.2) is 5.11 Å². The van der Waals surface area contributed by atoms with Gasteiger partial charge in [0.05, 0.1) is 0 Å². The van der Waals surface area contributed by atoms with Crippen LogP contribution in [0.2, 0.25) is 0 Å². The van der Waals surface area contributed by atoms with Gasteiger partial charge in [-0.3, -0.25) is 19.4 Å². The van der Waals surface area contributed by atoms with Crippen molar-refractivity contribution in [2.75, 3.05) is 37.0 Å². The average Bonchev–Trinajstić information content (AvgIpc) is 3.58. The molecule has 0 atom stereocenters. The average molecular weight is 681 g/mol. The molecule has 3 aromatic rings. The van der Waals surface area contributed by atoms with E-state index in [1.54, 1.807) is 9.80 Å². The first kappa shape index (κ1) is 33.5. The van der Waals surface area contributed by atoms with Crippen molar-refractivity contribution in [3.05, 3.63) is 142 Å². The maximum absolute atomic E-state index is 14.4. The van der Waals surface area contributed by atoms with E-state index in [1.807, 2.05) is 26.0 Å². The van der Waals surface area contributed by atoms with Gasteiger partial charge in [-0.25, -0.2) is 0 Å². The summed E-state index contributed by atoms with van der Waals surface area (Å²) in [6.07, 6.45) is 8.54. The number of hydrogen-bond donors (Lipinski definition) is 0. The number of benzene rings is 3. The van der Waals surface area contributed by atoms with Gasteiger partial charge in [0, 0.05) is 66.4 Å². The van der Waals surface area contributed by atoms with E-state index in [4.69, 9.17) is 12.2 Å². The van der Waals surface area contributed by atoms with Crippen molar-refractivity contribution in [3.63, 3.8) is 0 Å². The van der Waals surface area contributed by atoms with Crippen molar-refractivity contribution in [2.45, 2.75) is 52.4 Å². The van der Waals surface area contributed by atoms with Gasteiger partial charge in [0.1, 0.15) is 5.57 Å². The van der Waals surface area contributed by atoms with Crippen molar-refractivity contribution in [1.29, 1.82) is 0 Å². The van der Waals surface area contributed by atoms with Crippen LogP contribution in [0.1, 0.15) is 63.8 Å². The van der Waals surface area contributed by atoms with E-state index in [2.05, 4.69) is 137 Å². The predicted octanol–water partition coefficient (Wildman–Crippen LogP) is 8.38. The second-order valence-electron chi connectivity index (χ2n) is 14.3. The SMILES string of the molecule is CCN1C(=O)C(=C2/C(=C/C=C3/N(C)c4ccccc4C3(C)C)c3ccccc3/C2=C\C=C2\N(C)c3ccccc3C2(C)C)C(=O)N(CC)C1=S. The minimum Gasteiger partial charge on any atom is -0.347 e. The predicted molar refractivity (Wildman–Crippen MR) is 209 cm³/mol. The Labute approximate surface area is 301 Å². The number of nitrogens with zero attached hydrogens (tertiary/aromatic N) is 4. The van der Waals surface area contributed by atoms with Crippen LogP contribution in [0.3, 0.4) is 0 Å². The summed E-state index contributed by atoms with van der Waals surface area (Å²) < 4.78 is 0. The number of hydrogen-bond acceptors (Lipinski definition) is 5. The molecule has 0 unspecified atom stereocenters. The fourth-order valence-corrected chi connectivity index (χ4v) is 8.79. The molecule has 7 heteroatoms. The van der Waals surface area contributed by atoms with E-state index >= 15 is 0 Å². The van der Waals surface area contributed by atoms with Gasteiger partial charge in [-0.05, 0) is 83.8 Å². The first-order valence-corrected chi connectivity index (χ1v) is 17.8. The molecule has 4 aliphatic rings. The van der Waals surface area contributed by atoms with Crippen LogP contribution >= 0.6 is 12.2 Å². The molecule has 1 fully saturated rings. The Hall–Kier alpha value is -5.01. The first-order valence-electron chi connectivity index (χ1n) is 17.4. The number of amides is 2. The molecule has 0 N–H and O–H groups in total. The second kappa shape index (κ2) is 12.1. The maximum atomic E-state index is 14.4. The lowest BCUT2D eigenvalue weighted by Crippen LogP contribution is -2.56. The Morgan fingerprint density at radius 3 is 1.34 bits per heavy atom. The summed E-state index contributed by atoms with van der Waals surface area (Å²) in [5.74, 6) is -0.716. The quantitative estimate of drug-likeness (QED) is 0.157. The third-order valence-corrected chi connectivity index (χ3v) is 11.4. The molecule has 1 aliphatic carbocycles. The zero-order valence-corrected chi connectivity index (χ0v) is 31.0. The van der Waals surface area contributed by atoms with Gasteiger partial charge >= 0.3 is 0 Å². The van der Waals surface area contributed by atoms with Crippen molar-refractivity contribution >= 4 is 51.7 Å². The minimum absolute atomic E-state index is 0.150. The van der Waals surface area contributed by atoms with Crippen LogP contribution in [0.15, 0.2) is 120 Å². The molecule has 6 nitrogen and oxygen atoms in total. The highest BCUT2D eigenvalue weighted by Crippen LogP contribution is 2.51. The number of rotatable bonds is 4. The fourth-order valence-electron chi connectivity index (χ4n) is 8.36. The van der Waals surface area contributed by atoms with Crippen molar-refractivity contribution in [3.8, 4) is 0 Å². The molecule has 50 heavy (non-hydrogen) atoms. The van der Waals surface area contributed by atoms with E-state index in [9.17, 15) is 9.59 Å². The molecule has 0 aromatic heterocycles. The van der Waals surface area contributed by atoms with Gasteiger partial charge < -0.3 is 9.80 Å². The molecule has 3 aliphatic heterocycles. The summed E-state index contributed by atoms with van der Waals surface area (Å²) in [4.78, 5) is 36.4. The molecule has 0 spiro atoms. The largest absolute Gasteiger partial charge is 0.347 e. The molecule has 0 saturated carbocycles. The molecule has 7 rings (SSSR count). The van der Waals surface area contributed by atoms with Gasteiger partial charge in [-0.1, -0.05) is 101 Å². The number of likely N-dealkylation sites (N-methyl/N-ethyl adjacent to an activating group) is 4. The highest BCUT2D eigenvalue weighted by Gasteiger charge is 2.44. The Morgan fingerprint density at radius 2 is 0.960 bits per heavy atom. The van der Waals surface area contributed by atoms with Gasteiger partial charge in [-0.2, -0.15) is 0 Å². The number of para-hydroxylation sites is 2. The van der Waals surface area contributed by atoms with E-state index in [-0.39, 0.29) is 33.3 Å². The van der Waals surface area contributed by atoms with Crippen LogP contribution in [0, 0.1) is 0 Å². The smallest absolute Gasteiger partial charge is 0.266 e. The molecule has 3 aromatic carbocycles. The summed E-state index contributed by atoms with van der Waals surface area (Å²) in [6, 6.07) is 25.2. The van der Waals surface area contributed by atoms with Crippen LogP contribution in [-0.2, 0) is 20.4 Å². The van der Waals surface area contributed by atoms with E-state index in [0.29, 0.717) is 18.7 Å². The molecular formula is C43H44N4O2S. The van der Waals surface area contributed by atoms with E-state index in [1.165, 1.54) is 22.5 Å². The Balaban J connectivity index is 1.49. The third kappa shape index (κ3) is 4.78. The maximum Gasteiger partial charge on any atom is 0.266 e. The zero-order chi connectivity index (χ0) is 35.7. The number of fused-ring (bicyclic) bond motifs is 3. The normalized spacial score (nSPS) is 22.5. The molecule has 3 heterocycles. The summed E-state index contributed by atoms with van der Waals surface area (Å²) in [5.41, 5.74) is 11.1. The number of allylic oxidation sites excluding steroid dienone is 9. The molecule has 254 valence electrons. The van der Waals surface area contributed by atoms with Crippen LogP contribution < -0.4 is 9.80 Å². The number of thiocarbonyl (C=S) groups is 1. The molecule has 2 amide bonds. The van der Waals surface area contributed by atoms with Crippen LogP contribution in [0.5, 0.6) is 0 Å². The van der Waals surface area contributed by atoms with Crippen LogP contribution in [-0.4, -0.2) is 53.9 Å². The Bertz CT molecular complexity index is 2000.